The van der Waals surface area contributed by atoms with Crippen LogP contribution in [-0.4, -0.2) is 15.9 Å². The van der Waals surface area contributed by atoms with Crippen molar-refractivity contribution in [2.45, 2.75) is 26.4 Å². The third-order valence-corrected chi connectivity index (χ3v) is 5.14. The standard InChI is InChI=1S/C17H16ClN3O2S2/c1-10(2)13-8-25-17(20-13)21-16(22)14-9-24-15(19-14)7-23-12-5-3-11(18)4-6-12/h3-6,8-10H,7H2,1-2H3,(H,20,21,22). The number of nitrogens with one attached hydrogen (secondary N) is 1. The van der Waals surface area contributed by atoms with Crippen molar-refractivity contribution in [3.8, 4) is 5.75 Å². The summed E-state index contributed by atoms with van der Waals surface area (Å²) in [5.74, 6) is 0.769. The second-order valence-corrected chi connectivity index (χ2v) is 7.79. The normalized spacial score (nSPS) is 10.9. The molecule has 2 aromatic heterocycles. The lowest BCUT2D eigenvalue weighted by atomic mass is 10.2. The fraction of sp³-hybridized carbons (Fsp3) is 0.235. The summed E-state index contributed by atoms with van der Waals surface area (Å²) in [6.45, 7) is 4.43. The number of hydrogen-bond acceptors (Lipinski definition) is 6. The zero-order valence-corrected chi connectivity index (χ0v) is 16.0. The van der Waals surface area contributed by atoms with Gasteiger partial charge in [0.05, 0.1) is 5.69 Å². The molecule has 0 aliphatic heterocycles. The zero-order chi connectivity index (χ0) is 17.8. The Hall–Kier alpha value is -1.96. The van der Waals surface area contributed by atoms with Crippen molar-refractivity contribution < 1.29 is 9.53 Å². The molecule has 0 saturated heterocycles. The first-order chi connectivity index (χ1) is 12.0. The summed E-state index contributed by atoms with van der Waals surface area (Å²) in [6, 6.07) is 7.10. The molecule has 3 aromatic rings. The van der Waals surface area contributed by atoms with Gasteiger partial charge in [0, 0.05) is 15.8 Å². The topological polar surface area (TPSA) is 64.1 Å². The highest BCUT2D eigenvalue weighted by Gasteiger charge is 2.14. The Morgan fingerprint density at radius 1 is 1.20 bits per heavy atom. The number of carbonyl (C=O) groups excluding carboxylic acids is 1. The Morgan fingerprint density at radius 2 is 1.96 bits per heavy atom. The van der Waals surface area contributed by atoms with Crippen LogP contribution in [0.2, 0.25) is 5.02 Å². The largest absolute Gasteiger partial charge is 0.486 e. The number of carbonyl (C=O) groups is 1. The van der Waals surface area contributed by atoms with Crippen LogP contribution < -0.4 is 10.1 Å². The molecule has 0 aliphatic carbocycles. The molecule has 3 rings (SSSR count). The van der Waals surface area contributed by atoms with Crippen LogP contribution in [-0.2, 0) is 6.61 Å². The van der Waals surface area contributed by atoms with Crippen LogP contribution in [0.3, 0.4) is 0 Å². The lowest BCUT2D eigenvalue weighted by molar-refractivity contribution is 0.102. The number of rotatable bonds is 6. The first-order valence-corrected chi connectivity index (χ1v) is 9.74. The summed E-state index contributed by atoms with van der Waals surface area (Å²) >= 11 is 8.63. The number of aromatic nitrogens is 2. The van der Waals surface area contributed by atoms with E-state index in [1.807, 2.05) is 5.38 Å². The van der Waals surface area contributed by atoms with E-state index in [-0.39, 0.29) is 5.91 Å². The summed E-state index contributed by atoms with van der Waals surface area (Å²) in [6.07, 6.45) is 0. The van der Waals surface area contributed by atoms with Crippen LogP contribution in [0.4, 0.5) is 5.13 Å². The van der Waals surface area contributed by atoms with Crippen molar-refractivity contribution >= 4 is 45.3 Å². The summed E-state index contributed by atoms with van der Waals surface area (Å²) in [7, 11) is 0. The fourth-order valence-electron chi connectivity index (χ4n) is 1.93. The maximum Gasteiger partial charge on any atom is 0.276 e. The molecule has 0 bridgehead atoms. The number of anilines is 1. The fourth-order valence-corrected chi connectivity index (χ4v) is 3.61. The molecule has 1 aromatic carbocycles. The number of benzene rings is 1. The van der Waals surface area contributed by atoms with Crippen molar-refractivity contribution in [1.82, 2.24) is 9.97 Å². The minimum Gasteiger partial charge on any atom is -0.486 e. The van der Waals surface area contributed by atoms with Crippen molar-refractivity contribution in [2.75, 3.05) is 5.32 Å². The molecule has 25 heavy (non-hydrogen) atoms. The quantitative estimate of drug-likeness (QED) is 0.624. The number of hydrogen-bond donors (Lipinski definition) is 1. The molecule has 1 amide bonds. The van der Waals surface area contributed by atoms with Gasteiger partial charge >= 0.3 is 0 Å². The molecule has 130 valence electrons. The summed E-state index contributed by atoms with van der Waals surface area (Å²) in [5, 5.41) is 8.41. The monoisotopic (exact) mass is 393 g/mol. The van der Waals surface area contributed by atoms with Gasteiger partial charge in [0.2, 0.25) is 0 Å². The molecule has 0 unspecified atom stereocenters. The van der Waals surface area contributed by atoms with Crippen LogP contribution in [0.15, 0.2) is 35.0 Å². The molecular weight excluding hydrogens is 378 g/mol. The lowest BCUT2D eigenvalue weighted by Gasteiger charge is -2.03. The van der Waals surface area contributed by atoms with Gasteiger partial charge in [-0.3, -0.25) is 10.1 Å². The van der Waals surface area contributed by atoms with E-state index in [9.17, 15) is 4.79 Å². The summed E-state index contributed by atoms with van der Waals surface area (Å²) < 4.78 is 5.64. The van der Waals surface area contributed by atoms with Crippen molar-refractivity contribution in [1.29, 1.82) is 0 Å². The summed E-state index contributed by atoms with van der Waals surface area (Å²) in [4.78, 5) is 21.0. The number of thiazole rings is 2. The van der Waals surface area contributed by atoms with Crippen LogP contribution in [0.5, 0.6) is 5.75 Å². The third kappa shape index (κ3) is 4.78. The van der Waals surface area contributed by atoms with Gasteiger partial charge in [0.25, 0.3) is 5.91 Å². The van der Waals surface area contributed by atoms with E-state index in [1.54, 1.807) is 29.6 Å². The van der Waals surface area contributed by atoms with Crippen LogP contribution in [0.25, 0.3) is 0 Å². The number of halogens is 1. The molecule has 1 N–H and O–H groups in total. The van der Waals surface area contributed by atoms with Gasteiger partial charge in [0.15, 0.2) is 5.13 Å². The number of nitrogens with zero attached hydrogens (tertiary/aromatic N) is 2. The van der Waals surface area contributed by atoms with E-state index in [1.165, 1.54) is 22.7 Å². The third-order valence-electron chi connectivity index (χ3n) is 3.29. The molecular formula is C17H16ClN3O2S2. The molecule has 0 aliphatic rings. The molecule has 0 saturated carbocycles. The molecule has 0 spiro atoms. The average molecular weight is 394 g/mol. The smallest absolute Gasteiger partial charge is 0.276 e. The molecule has 0 radical (unpaired) electrons. The second-order valence-electron chi connectivity index (χ2n) is 5.56. The van der Waals surface area contributed by atoms with Crippen molar-refractivity contribution in [2.24, 2.45) is 0 Å². The van der Waals surface area contributed by atoms with Crippen LogP contribution >= 0.6 is 34.3 Å². The van der Waals surface area contributed by atoms with Gasteiger partial charge in [-0.05, 0) is 30.2 Å². The van der Waals surface area contributed by atoms with E-state index in [0.29, 0.717) is 34.1 Å². The second kappa shape index (κ2) is 7.95. The predicted octanol–water partition coefficient (Wildman–Crippen LogP) is 5.21. The highest BCUT2D eigenvalue weighted by Crippen LogP contribution is 2.22. The van der Waals surface area contributed by atoms with E-state index in [2.05, 4.69) is 29.1 Å². The van der Waals surface area contributed by atoms with Crippen molar-refractivity contribution in [3.05, 3.63) is 56.4 Å². The Morgan fingerprint density at radius 3 is 2.64 bits per heavy atom. The number of ether oxygens (including phenoxy) is 1. The highest BCUT2D eigenvalue weighted by atomic mass is 35.5. The summed E-state index contributed by atoms with van der Waals surface area (Å²) in [5.41, 5.74) is 1.33. The number of amides is 1. The highest BCUT2D eigenvalue weighted by molar-refractivity contribution is 7.14. The average Bonchev–Trinajstić information content (AvgIpc) is 3.23. The molecule has 5 nitrogen and oxygen atoms in total. The Bertz CT molecular complexity index is 859. The van der Waals surface area contributed by atoms with E-state index in [4.69, 9.17) is 16.3 Å². The van der Waals surface area contributed by atoms with E-state index in [0.717, 1.165) is 10.7 Å². The SMILES string of the molecule is CC(C)c1csc(NC(=O)c2csc(COc3ccc(Cl)cc3)n2)n1. The maximum absolute atomic E-state index is 12.3. The van der Waals surface area contributed by atoms with Gasteiger partial charge in [-0.15, -0.1) is 22.7 Å². The van der Waals surface area contributed by atoms with Gasteiger partial charge < -0.3 is 4.74 Å². The molecule has 8 heteroatoms. The Balaban J connectivity index is 1.58. The Labute approximate surface area is 158 Å². The van der Waals surface area contributed by atoms with Gasteiger partial charge in [-0.1, -0.05) is 25.4 Å². The first-order valence-electron chi connectivity index (χ1n) is 7.61. The molecule has 0 fully saturated rings. The first kappa shape index (κ1) is 17.8. The minimum atomic E-state index is -0.265. The maximum atomic E-state index is 12.3. The molecule has 0 atom stereocenters. The lowest BCUT2D eigenvalue weighted by Crippen LogP contribution is -2.12. The van der Waals surface area contributed by atoms with Gasteiger partial charge in [-0.25, -0.2) is 9.97 Å². The minimum absolute atomic E-state index is 0.265. The van der Waals surface area contributed by atoms with Gasteiger partial charge in [-0.2, -0.15) is 0 Å². The zero-order valence-electron chi connectivity index (χ0n) is 13.7. The van der Waals surface area contributed by atoms with Gasteiger partial charge in [0.1, 0.15) is 23.1 Å². The molecule has 2 heterocycles. The Kier molecular flexibility index (Phi) is 5.67. The van der Waals surface area contributed by atoms with Crippen LogP contribution in [0, 0.1) is 0 Å². The van der Waals surface area contributed by atoms with E-state index >= 15 is 0 Å². The van der Waals surface area contributed by atoms with E-state index < -0.39 is 0 Å². The van der Waals surface area contributed by atoms with Crippen LogP contribution in [0.1, 0.15) is 41.0 Å². The predicted molar refractivity (Wildman–Crippen MR) is 102 cm³/mol. The van der Waals surface area contributed by atoms with Crippen molar-refractivity contribution in [3.63, 3.8) is 0 Å².